The zero-order valence-electron chi connectivity index (χ0n) is 11.1. The average Bonchev–Trinajstić information content (AvgIpc) is 2.18. The van der Waals surface area contributed by atoms with Gasteiger partial charge in [0.1, 0.15) is 0 Å². The van der Waals surface area contributed by atoms with Crippen LogP contribution in [0.1, 0.15) is 47.0 Å². The highest BCUT2D eigenvalue weighted by Gasteiger charge is 2.29. The second-order valence-electron chi connectivity index (χ2n) is 4.82. The lowest BCUT2D eigenvalue weighted by atomic mass is 9.93. The highest BCUT2D eigenvalue weighted by Crippen LogP contribution is 2.14. The van der Waals surface area contributed by atoms with Crippen molar-refractivity contribution in [3.8, 4) is 0 Å². The molecule has 1 amide bonds. The molecule has 0 rings (SSSR count). The highest BCUT2D eigenvalue weighted by molar-refractivity contribution is 5.83. The fourth-order valence-corrected chi connectivity index (χ4v) is 1.89. The Kier molecular flexibility index (Phi) is 6.60. The first-order valence-electron chi connectivity index (χ1n) is 6.18. The summed E-state index contributed by atoms with van der Waals surface area (Å²) >= 11 is 0. The van der Waals surface area contributed by atoms with Crippen LogP contribution in [0.5, 0.6) is 0 Å². The third-order valence-corrected chi connectivity index (χ3v) is 3.11. The molecule has 0 saturated carbocycles. The molecule has 0 aromatic heterocycles. The van der Waals surface area contributed by atoms with Gasteiger partial charge in [-0.1, -0.05) is 20.3 Å². The van der Waals surface area contributed by atoms with E-state index in [1.165, 1.54) is 12.8 Å². The topological polar surface area (TPSA) is 72.3 Å². The zero-order valence-corrected chi connectivity index (χ0v) is 11.1. The van der Waals surface area contributed by atoms with Crippen LogP contribution in [-0.4, -0.2) is 35.5 Å². The van der Waals surface area contributed by atoms with Gasteiger partial charge in [-0.3, -0.25) is 4.79 Å². The Labute approximate surface area is 99.4 Å². The van der Waals surface area contributed by atoms with Gasteiger partial charge in [-0.2, -0.15) is 0 Å². The summed E-state index contributed by atoms with van der Waals surface area (Å²) in [6.07, 6.45) is 2.97. The van der Waals surface area contributed by atoms with Gasteiger partial charge in [0, 0.05) is 6.04 Å². The van der Waals surface area contributed by atoms with Crippen molar-refractivity contribution >= 4 is 5.91 Å². The van der Waals surface area contributed by atoms with Gasteiger partial charge in [0.2, 0.25) is 5.91 Å². The molecule has 2 atom stereocenters. The first-order valence-corrected chi connectivity index (χ1v) is 6.18. The number of unbranched alkanes of at least 4 members (excludes halogenated alkanes) is 1. The normalized spacial score (nSPS) is 17.1. The first kappa shape index (κ1) is 15.4. The monoisotopic (exact) mass is 229 g/mol. The molecule has 2 unspecified atom stereocenters. The van der Waals surface area contributed by atoms with Crippen molar-refractivity contribution in [2.75, 3.05) is 13.1 Å². The van der Waals surface area contributed by atoms with Crippen LogP contribution in [0.3, 0.4) is 0 Å². The van der Waals surface area contributed by atoms with Crippen LogP contribution < -0.4 is 11.5 Å². The fourth-order valence-electron chi connectivity index (χ4n) is 1.89. The van der Waals surface area contributed by atoms with Crippen molar-refractivity contribution in [2.24, 2.45) is 11.5 Å². The van der Waals surface area contributed by atoms with Crippen molar-refractivity contribution in [3.05, 3.63) is 0 Å². The van der Waals surface area contributed by atoms with Gasteiger partial charge in [-0.05, 0) is 39.8 Å². The molecule has 0 heterocycles. The van der Waals surface area contributed by atoms with Crippen molar-refractivity contribution in [3.63, 3.8) is 0 Å². The Morgan fingerprint density at radius 1 is 1.44 bits per heavy atom. The third kappa shape index (κ3) is 4.94. The molecule has 16 heavy (non-hydrogen) atoms. The number of amides is 1. The second-order valence-corrected chi connectivity index (χ2v) is 4.82. The summed E-state index contributed by atoms with van der Waals surface area (Å²) in [7, 11) is 0. The third-order valence-electron chi connectivity index (χ3n) is 3.11. The largest absolute Gasteiger partial charge is 0.368 e. The molecule has 0 aromatic carbocycles. The van der Waals surface area contributed by atoms with Gasteiger partial charge >= 0.3 is 0 Å². The van der Waals surface area contributed by atoms with E-state index >= 15 is 0 Å². The summed E-state index contributed by atoms with van der Waals surface area (Å²) in [5, 5.41) is 0. The summed E-state index contributed by atoms with van der Waals surface area (Å²) in [4.78, 5) is 13.5. The Hall–Kier alpha value is -0.610. The van der Waals surface area contributed by atoms with Crippen LogP contribution in [0.2, 0.25) is 0 Å². The van der Waals surface area contributed by atoms with E-state index in [0.717, 1.165) is 13.1 Å². The maximum absolute atomic E-state index is 11.2. The molecule has 0 saturated heterocycles. The van der Waals surface area contributed by atoms with E-state index in [9.17, 15) is 4.79 Å². The van der Waals surface area contributed by atoms with E-state index in [-0.39, 0.29) is 0 Å². The minimum absolute atomic E-state index is 0.291. The molecule has 0 radical (unpaired) electrons. The molecule has 4 nitrogen and oxygen atoms in total. The average molecular weight is 229 g/mol. The second kappa shape index (κ2) is 6.86. The highest BCUT2D eigenvalue weighted by atomic mass is 16.1. The lowest BCUT2D eigenvalue weighted by molar-refractivity contribution is -0.123. The van der Waals surface area contributed by atoms with Crippen LogP contribution in [-0.2, 0) is 4.79 Å². The molecule has 4 N–H and O–H groups in total. The maximum Gasteiger partial charge on any atom is 0.237 e. The smallest absolute Gasteiger partial charge is 0.237 e. The van der Waals surface area contributed by atoms with Crippen LogP contribution in [0, 0.1) is 0 Å². The number of hydrogen-bond acceptors (Lipinski definition) is 3. The van der Waals surface area contributed by atoms with Crippen LogP contribution in [0.15, 0.2) is 0 Å². The van der Waals surface area contributed by atoms with E-state index in [1.807, 2.05) is 0 Å². The minimum atomic E-state index is -0.904. The zero-order chi connectivity index (χ0) is 12.8. The maximum atomic E-state index is 11.2. The van der Waals surface area contributed by atoms with Crippen molar-refractivity contribution < 1.29 is 4.79 Å². The number of primary amides is 1. The van der Waals surface area contributed by atoms with Gasteiger partial charge in [-0.25, -0.2) is 0 Å². The van der Waals surface area contributed by atoms with Crippen molar-refractivity contribution in [2.45, 2.75) is 58.5 Å². The fraction of sp³-hybridized carbons (Fsp3) is 0.917. The lowest BCUT2D eigenvalue weighted by Gasteiger charge is -2.32. The van der Waals surface area contributed by atoms with Crippen LogP contribution >= 0.6 is 0 Å². The summed E-state index contributed by atoms with van der Waals surface area (Å²) in [6, 6.07) is 0.291. The molecular formula is C12H27N3O. The van der Waals surface area contributed by atoms with Crippen molar-refractivity contribution in [1.29, 1.82) is 0 Å². The number of carbonyl (C=O) groups excluding carboxylic acids is 1. The van der Waals surface area contributed by atoms with E-state index in [2.05, 4.69) is 25.7 Å². The molecule has 0 bridgehead atoms. The molecule has 4 heteroatoms. The SMILES string of the molecule is CCCCN(CC)C(C)CC(C)(N)C(N)=O. The van der Waals surface area contributed by atoms with Gasteiger partial charge in [0.15, 0.2) is 0 Å². The molecule has 0 aromatic rings. The van der Waals surface area contributed by atoms with Crippen molar-refractivity contribution in [1.82, 2.24) is 4.90 Å². The molecular weight excluding hydrogens is 202 g/mol. The summed E-state index contributed by atoms with van der Waals surface area (Å²) in [5.74, 6) is -0.425. The molecule has 0 aliphatic heterocycles. The summed E-state index contributed by atoms with van der Waals surface area (Å²) in [6.45, 7) is 10.2. The van der Waals surface area contributed by atoms with Gasteiger partial charge in [0.25, 0.3) is 0 Å². The van der Waals surface area contributed by atoms with E-state index in [4.69, 9.17) is 11.5 Å². The number of nitrogens with two attached hydrogens (primary N) is 2. The minimum Gasteiger partial charge on any atom is -0.368 e. The first-order chi connectivity index (χ1) is 7.35. The Bertz CT molecular complexity index is 216. The number of hydrogen-bond donors (Lipinski definition) is 2. The van der Waals surface area contributed by atoms with Gasteiger partial charge in [0.05, 0.1) is 5.54 Å². The summed E-state index contributed by atoms with van der Waals surface area (Å²) in [5.41, 5.74) is 10.3. The molecule has 0 fully saturated rings. The molecule has 0 aliphatic carbocycles. The van der Waals surface area contributed by atoms with Crippen LogP contribution in [0.4, 0.5) is 0 Å². The molecule has 0 spiro atoms. The standard InChI is InChI=1S/C12H27N3O/c1-5-7-8-15(6-2)10(3)9-12(4,14)11(13)16/h10H,5-9,14H2,1-4H3,(H2,13,16). The Balaban J connectivity index is 4.29. The van der Waals surface area contributed by atoms with Crippen LogP contribution in [0.25, 0.3) is 0 Å². The van der Waals surface area contributed by atoms with Gasteiger partial charge < -0.3 is 16.4 Å². The molecule has 96 valence electrons. The van der Waals surface area contributed by atoms with Gasteiger partial charge in [-0.15, -0.1) is 0 Å². The number of nitrogens with zero attached hydrogens (tertiary/aromatic N) is 1. The predicted octanol–water partition coefficient (Wildman–Crippen LogP) is 1.09. The molecule has 0 aliphatic rings. The van der Waals surface area contributed by atoms with E-state index < -0.39 is 11.4 Å². The van der Waals surface area contributed by atoms with E-state index in [1.54, 1.807) is 6.92 Å². The Morgan fingerprint density at radius 3 is 2.38 bits per heavy atom. The predicted molar refractivity (Wildman–Crippen MR) is 68.0 cm³/mol. The summed E-state index contributed by atoms with van der Waals surface area (Å²) < 4.78 is 0. The lowest BCUT2D eigenvalue weighted by Crippen LogP contribution is -2.53. The van der Waals surface area contributed by atoms with E-state index in [0.29, 0.717) is 12.5 Å². The Morgan fingerprint density at radius 2 is 2.00 bits per heavy atom. The quantitative estimate of drug-likeness (QED) is 0.654. The number of carbonyl (C=O) groups is 1. The number of rotatable bonds is 8.